The van der Waals surface area contributed by atoms with Gasteiger partial charge >= 0.3 is 0 Å². The van der Waals surface area contributed by atoms with Crippen molar-refractivity contribution in [3.8, 4) is 12.1 Å². The molecule has 106 valence electrons. The van der Waals surface area contributed by atoms with Crippen LogP contribution in [0, 0.1) is 22.7 Å². The first kappa shape index (κ1) is 14.5. The molecule has 21 heavy (non-hydrogen) atoms. The number of hydrogen-bond acceptors (Lipinski definition) is 4. The Morgan fingerprint density at radius 1 is 1.19 bits per heavy atom. The van der Waals surface area contributed by atoms with Gasteiger partial charge in [-0.05, 0) is 13.0 Å². The molecule has 0 radical (unpaired) electrons. The van der Waals surface area contributed by atoms with E-state index >= 15 is 0 Å². The normalized spacial score (nSPS) is 23.8. The molecule has 0 fully saturated rings. The fraction of sp³-hybridized carbons (Fsp3) is 0.333. The Hall–Kier alpha value is -2.86. The SMILES string of the molecule is CC(=O)N1c2ccccc2C(C)(C#N)N(C(C)=O)C1C#N. The summed E-state index contributed by atoms with van der Waals surface area (Å²) in [5, 5.41) is 19.0. The van der Waals surface area contributed by atoms with E-state index in [1.54, 1.807) is 31.2 Å². The zero-order valence-corrected chi connectivity index (χ0v) is 12.0. The minimum Gasteiger partial charge on any atom is -0.287 e. The van der Waals surface area contributed by atoms with E-state index in [9.17, 15) is 20.1 Å². The largest absolute Gasteiger partial charge is 0.287 e. The second kappa shape index (κ2) is 4.92. The molecule has 1 aliphatic heterocycles. The van der Waals surface area contributed by atoms with Crippen molar-refractivity contribution in [1.29, 1.82) is 10.5 Å². The van der Waals surface area contributed by atoms with Gasteiger partial charge in [0.15, 0.2) is 5.54 Å². The van der Waals surface area contributed by atoms with Gasteiger partial charge in [0.2, 0.25) is 18.0 Å². The molecule has 2 unspecified atom stereocenters. The zero-order chi connectivity index (χ0) is 15.8. The van der Waals surface area contributed by atoms with Crippen LogP contribution < -0.4 is 4.90 Å². The van der Waals surface area contributed by atoms with Crippen LogP contribution in [0.5, 0.6) is 0 Å². The number of nitrogens with zero attached hydrogens (tertiary/aromatic N) is 4. The van der Waals surface area contributed by atoms with Crippen molar-refractivity contribution >= 4 is 17.5 Å². The third-order valence-electron chi connectivity index (χ3n) is 3.67. The number of fused-ring (bicyclic) bond motifs is 1. The van der Waals surface area contributed by atoms with Crippen LogP contribution in [-0.4, -0.2) is 22.9 Å². The Morgan fingerprint density at radius 3 is 2.29 bits per heavy atom. The van der Waals surface area contributed by atoms with Crippen LogP contribution in [0.3, 0.4) is 0 Å². The second-order valence-electron chi connectivity index (χ2n) is 4.98. The minimum absolute atomic E-state index is 0.361. The van der Waals surface area contributed by atoms with Crippen molar-refractivity contribution in [3.63, 3.8) is 0 Å². The number of nitriles is 2. The zero-order valence-electron chi connectivity index (χ0n) is 12.0. The highest BCUT2D eigenvalue weighted by atomic mass is 16.2. The van der Waals surface area contributed by atoms with Gasteiger partial charge in [-0.15, -0.1) is 0 Å². The molecule has 0 saturated heterocycles. The summed E-state index contributed by atoms with van der Waals surface area (Å²) in [7, 11) is 0. The Bertz CT molecular complexity index is 700. The molecule has 1 aromatic rings. The van der Waals surface area contributed by atoms with Crippen molar-refractivity contribution in [2.24, 2.45) is 0 Å². The number of anilines is 1. The Balaban J connectivity index is 2.84. The van der Waals surface area contributed by atoms with Gasteiger partial charge in [-0.1, -0.05) is 18.2 Å². The molecule has 0 spiro atoms. The second-order valence-corrected chi connectivity index (χ2v) is 4.98. The first-order valence-corrected chi connectivity index (χ1v) is 6.38. The number of para-hydroxylation sites is 1. The van der Waals surface area contributed by atoms with Gasteiger partial charge in [-0.25, -0.2) is 0 Å². The molecule has 1 aromatic carbocycles. The van der Waals surface area contributed by atoms with Crippen LogP contribution in [0.1, 0.15) is 26.3 Å². The van der Waals surface area contributed by atoms with E-state index in [1.807, 2.05) is 6.07 Å². The topological polar surface area (TPSA) is 88.2 Å². The van der Waals surface area contributed by atoms with Crippen LogP contribution in [0.15, 0.2) is 24.3 Å². The molecule has 0 bridgehead atoms. The average Bonchev–Trinajstić information content (AvgIpc) is 2.45. The lowest BCUT2D eigenvalue weighted by atomic mass is 9.86. The lowest BCUT2D eigenvalue weighted by molar-refractivity contribution is -0.136. The molecule has 0 aromatic heterocycles. The van der Waals surface area contributed by atoms with E-state index in [-0.39, 0.29) is 5.91 Å². The molecule has 2 atom stereocenters. The van der Waals surface area contributed by atoms with Gasteiger partial charge in [0.1, 0.15) is 6.07 Å². The monoisotopic (exact) mass is 282 g/mol. The maximum atomic E-state index is 12.0. The molecule has 2 rings (SSSR count). The summed E-state index contributed by atoms with van der Waals surface area (Å²) >= 11 is 0. The van der Waals surface area contributed by atoms with E-state index in [0.29, 0.717) is 11.3 Å². The van der Waals surface area contributed by atoms with Gasteiger partial charge in [-0.2, -0.15) is 10.5 Å². The highest BCUT2D eigenvalue weighted by Crippen LogP contribution is 2.42. The van der Waals surface area contributed by atoms with Crippen LogP contribution in [0.25, 0.3) is 0 Å². The lowest BCUT2D eigenvalue weighted by Crippen LogP contribution is -2.62. The van der Waals surface area contributed by atoms with Crippen molar-refractivity contribution in [3.05, 3.63) is 29.8 Å². The van der Waals surface area contributed by atoms with Gasteiger partial charge in [0, 0.05) is 19.4 Å². The smallest absolute Gasteiger partial charge is 0.226 e. The molecule has 2 amide bonds. The predicted octanol–water partition coefficient (Wildman–Crippen LogP) is 1.49. The maximum absolute atomic E-state index is 12.0. The average molecular weight is 282 g/mol. The van der Waals surface area contributed by atoms with Crippen LogP contribution in [-0.2, 0) is 15.1 Å². The molecule has 1 heterocycles. The summed E-state index contributed by atoms with van der Waals surface area (Å²) in [6.45, 7) is 4.19. The third-order valence-corrected chi connectivity index (χ3v) is 3.67. The lowest BCUT2D eigenvalue weighted by Gasteiger charge is -2.48. The highest BCUT2D eigenvalue weighted by Gasteiger charge is 2.49. The number of amides is 2. The Morgan fingerprint density at radius 2 is 1.81 bits per heavy atom. The van der Waals surface area contributed by atoms with E-state index in [0.717, 1.165) is 4.90 Å². The van der Waals surface area contributed by atoms with Crippen molar-refractivity contribution < 1.29 is 9.59 Å². The summed E-state index contributed by atoms with van der Waals surface area (Å²) < 4.78 is 0. The van der Waals surface area contributed by atoms with E-state index in [1.165, 1.54) is 18.7 Å². The quantitative estimate of drug-likeness (QED) is 0.721. The van der Waals surface area contributed by atoms with E-state index in [2.05, 4.69) is 6.07 Å². The van der Waals surface area contributed by atoms with Gasteiger partial charge in [0.05, 0.1) is 11.8 Å². The van der Waals surface area contributed by atoms with Crippen LogP contribution >= 0.6 is 0 Å². The highest BCUT2D eigenvalue weighted by molar-refractivity contribution is 5.96. The summed E-state index contributed by atoms with van der Waals surface area (Å²) in [4.78, 5) is 26.4. The molecule has 0 saturated carbocycles. The number of carbonyl (C=O) groups is 2. The van der Waals surface area contributed by atoms with Crippen LogP contribution in [0.2, 0.25) is 0 Å². The molecule has 0 N–H and O–H groups in total. The van der Waals surface area contributed by atoms with Gasteiger partial charge in [-0.3, -0.25) is 19.4 Å². The molecule has 6 nitrogen and oxygen atoms in total. The third kappa shape index (κ3) is 1.93. The predicted molar refractivity (Wildman–Crippen MR) is 74.5 cm³/mol. The van der Waals surface area contributed by atoms with E-state index in [4.69, 9.17) is 0 Å². The summed E-state index contributed by atoms with van der Waals surface area (Å²) in [5.41, 5.74) is -0.281. The minimum atomic E-state index is -1.30. The van der Waals surface area contributed by atoms with Gasteiger partial charge < -0.3 is 0 Å². The summed E-state index contributed by atoms with van der Waals surface area (Å²) in [6.07, 6.45) is -1.14. The van der Waals surface area contributed by atoms with Gasteiger partial charge in [0.25, 0.3) is 0 Å². The Kier molecular flexibility index (Phi) is 3.40. The van der Waals surface area contributed by atoms with E-state index < -0.39 is 17.6 Å². The molecule has 6 heteroatoms. The molecule has 0 aliphatic carbocycles. The fourth-order valence-corrected chi connectivity index (χ4v) is 2.78. The summed E-state index contributed by atoms with van der Waals surface area (Å²) in [6, 6.07) is 10.9. The van der Waals surface area contributed by atoms with Crippen LogP contribution in [0.4, 0.5) is 5.69 Å². The standard InChI is InChI=1S/C15H14N4O2/c1-10(20)18-13-7-5-4-6-12(13)15(3,9-17)19(11(2)21)14(18)8-16/h4-7,14H,1-3H3. The molecular weight excluding hydrogens is 268 g/mol. The Labute approximate surface area is 122 Å². The molecular formula is C15H14N4O2. The maximum Gasteiger partial charge on any atom is 0.226 e. The number of benzene rings is 1. The van der Waals surface area contributed by atoms with Crippen molar-refractivity contribution in [2.45, 2.75) is 32.5 Å². The molecule has 1 aliphatic rings. The number of rotatable bonds is 0. The van der Waals surface area contributed by atoms with Crippen molar-refractivity contribution in [2.75, 3.05) is 4.90 Å². The summed E-state index contributed by atoms with van der Waals surface area (Å²) in [5.74, 6) is -0.799. The number of hydrogen-bond donors (Lipinski definition) is 0. The fourth-order valence-electron chi connectivity index (χ4n) is 2.78. The number of carbonyl (C=O) groups excluding carboxylic acids is 2. The first-order chi connectivity index (χ1) is 9.88. The first-order valence-electron chi connectivity index (χ1n) is 6.38. The van der Waals surface area contributed by atoms with Crippen molar-refractivity contribution in [1.82, 2.24) is 4.90 Å².